The minimum atomic E-state index is -1.51. The summed E-state index contributed by atoms with van der Waals surface area (Å²) in [6, 6.07) is 6.83. The molecule has 2 aliphatic rings. The Bertz CT molecular complexity index is 1200. The number of carbonyl (C=O) groups is 1. The van der Waals surface area contributed by atoms with Gasteiger partial charge < -0.3 is 39.7 Å². The van der Waals surface area contributed by atoms with E-state index in [1.54, 1.807) is 37.3 Å². The fourth-order valence-corrected chi connectivity index (χ4v) is 4.98. The Balaban J connectivity index is 1.69. The summed E-state index contributed by atoms with van der Waals surface area (Å²) in [6.45, 7) is 9.72. The van der Waals surface area contributed by atoms with Crippen LogP contribution in [0.15, 0.2) is 83.0 Å². The second kappa shape index (κ2) is 14.1. The van der Waals surface area contributed by atoms with E-state index >= 15 is 0 Å². The molecule has 0 saturated carbocycles. The van der Waals surface area contributed by atoms with Crippen LogP contribution < -0.4 is 9.47 Å². The predicted octanol–water partition coefficient (Wildman–Crippen LogP) is 3.84. The molecule has 9 nitrogen and oxygen atoms in total. The van der Waals surface area contributed by atoms with Crippen molar-refractivity contribution >= 4 is 5.97 Å². The molecule has 0 amide bonds. The van der Waals surface area contributed by atoms with Crippen LogP contribution in [0.5, 0.6) is 11.5 Å². The van der Waals surface area contributed by atoms with Gasteiger partial charge in [0, 0.05) is 6.08 Å². The molecular weight excluding hydrogens is 528 g/mol. The number of allylic oxidation sites excluding steroid dienone is 8. The lowest BCUT2D eigenvalue weighted by atomic mass is 9.71. The summed E-state index contributed by atoms with van der Waals surface area (Å²) in [7, 11) is 0. The molecule has 41 heavy (non-hydrogen) atoms. The Hall–Kier alpha value is -3.21. The van der Waals surface area contributed by atoms with Crippen LogP contribution in [0.1, 0.15) is 47.5 Å². The Labute approximate surface area is 241 Å². The van der Waals surface area contributed by atoms with Gasteiger partial charge >= 0.3 is 5.97 Å². The summed E-state index contributed by atoms with van der Waals surface area (Å²) in [5, 5.41) is 48.3. The van der Waals surface area contributed by atoms with E-state index in [4.69, 9.17) is 19.3 Å². The Morgan fingerprint density at radius 2 is 1.63 bits per heavy atom. The monoisotopic (exact) mass is 570 g/mol. The van der Waals surface area contributed by atoms with E-state index in [-0.39, 0.29) is 11.5 Å². The summed E-state index contributed by atoms with van der Waals surface area (Å²) in [5.74, 6) is 0.0423. The number of aliphatic hydroxyl groups is 4. The highest BCUT2D eigenvalue weighted by Gasteiger charge is 2.44. The number of ether oxygens (including phenoxy) is 3. The van der Waals surface area contributed by atoms with Gasteiger partial charge in [-0.25, -0.2) is 4.79 Å². The standard InChI is InChI=1S/C32H42O9/c1-19(7-6-8-20(2)17-27(34)35)9-14-24-21(3)25(15-16-32(24,4)5)39-22-10-12-23(13-11-22)40-31-30(38)29(37)28(36)26(18-33)41-31/h6-14,17,25-26,28-31,33,36-38H,15-16,18H2,1-5H3,(H,34,35)/b8-6+,14-9+,19-7+,20-17+/t25?,26-,28-,29+,30-,31-/m1/s1. The van der Waals surface area contributed by atoms with Crippen LogP contribution in [-0.4, -0.2) is 74.9 Å². The normalized spacial score (nSPS) is 29.3. The molecule has 1 aromatic carbocycles. The van der Waals surface area contributed by atoms with Crippen LogP contribution in [0.25, 0.3) is 0 Å². The van der Waals surface area contributed by atoms with Crippen LogP contribution in [0, 0.1) is 5.41 Å². The average molecular weight is 571 g/mol. The quantitative estimate of drug-likeness (QED) is 0.209. The summed E-state index contributed by atoms with van der Waals surface area (Å²) < 4.78 is 17.4. The first kappa shape index (κ1) is 32.3. The first-order chi connectivity index (χ1) is 19.3. The number of aliphatic hydroxyl groups excluding tert-OH is 4. The third kappa shape index (κ3) is 8.64. The first-order valence-corrected chi connectivity index (χ1v) is 13.7. The molecule has 1 aliphatic heterocycles. The molecule has 1 heterocycles. The van der Waals surface area contributed by atoms with Gasteiger partial charge in [0.15, 0.2) is 0 Å². The van der Waals surface area contributed by atoms with Gasteiger partial charge in [-0.05, 0) is 80.0 Å². The maximum absolute atomic E-state index is 10.8. The molecule has 224 valence electrons. The number of rotatable bonds is 10. The van der Waals surface area contributed by atoms with E-state index in [1.807, 2.05) is 19.1 Å². The predicted molar refractivity (Wildman–Crippen MR) is 154 cm³/mol. The lowest BCUT2D eigenvalue weighted by Gasteiger charge is -2.39. The molecule has 0 radical (unpaired) electrons. The smallest absolute Gasteiger partial charge is 0.328 e. The second-order valence-electron chi connectivity index (χ2n) is 11.2. The molecule has 1 saturated heterocycles. The van der Waals surface area contributed by atoms with Gasteiger partial charge in [0.2, 0.25) is 6.29 Å². The SMILES string of the molecule is CC1=C(/C=C/C(C)=C/C=C/C(C)=C/C(=O)O)C(C)(C)CCC1Oc1ccc(O[C@@H]2O[C@H](CO)[C@@H](O)[C@H](O)[C@H]2O)cc1. The van der Waals surface area contributed by atoms with Crippen molar-refractivity contribution in [2.45, 2.75) is 84.3 Å². The van der Waals surface area contributed by atoms with E-state index in [0.717, 1.165) is 30.1 Å². The molecule has 5 N–H and O–H groups in total. The third-order valence-electron chi connectivity index (χ3n) is 7.45. The average Bonchev–Trinajstić information content (AvgIpc) is 2.91. The zero-order valence-electron chi connectivity index (χ0n) is 24.2. The van der Waals surface area contributed by atoms with Crippen molar-refractivity contribution in [3.05, 3.63) is 83.0 Å². The van der Waals surface area contributed by atoms with Crippen molar-refractivity contribution in [1.82, 2.24) is 0 Å². The topological polar surface area (TPSA) is 146 Å². The number of hydrogen-bond donors (Lipinski definition) is 5. The molecule has 0 bridgehead atoms. The summed E-state index contributed by atoms with van der Waals surface area (Å²) in [4.78, 5) is 10.8. The van der Waals surface area contributed by atoms with Crippen LogP contribution in [-0.2, 0) is 9.53 Å². The number of hydrogen-bond acceptors (Lipinski definition) is 8. The van der Waals surface area contributed by atoms with Crippen molar-refractivity contribution in [3.8, 4) is 11.5 Å². The largest absolute Gasteiger partial charge is 0.486 e. The maximum Gasteiger partial charge on any atom is 0.328 e. The molecular formula is C32H42O9. The summed E-state index contributed by atoms with van der Waals surface area (Å²) in [6.07, 6.45) is 5.79. The summed E-state index contributed by atoms with van der Waals surface area (Å²) >= 11 is 0. The van der Waals surface area contributed by atoms with Gasteiger partial charge in [0.1, 0.15) is 42.0 Å². The van der Waals surface area contributed by atoms with Crippen molar-refractivity contribution in [1.29, 1.82) is 0 Å². The number of aliphatic carboxylic acids is 1. The third-order valence-corrected chi connectivity index (χ3v) is 7.45. The lowest BCUT2D eigenvalue weighted by Crippen LogP contribution is -2.60. The molecule has 9 heteroatoms. The fourth-order valence-electron chi connectivity index (χ4n) is 4.98. The van der Waals surface area contributed by atoms with Crippen LogP contribution in [0.4, 0.5) is 0 Å². The molecule has 0 aromatic heterocycles. The van der Waals surface area contributed by atoms with E-state index in [9.17, 15) is 25.2 Å². The summed E-state index contributed by atoms with van der Waals surface area (Å²) in [5.41, 5.74) is 4.00. The highest BCUT2D eigenvalue weighted by Crippen LogP contribution is 2.42. The van der Waals surface area contributed by atoms with Gasteiger partial charge in [0.05, 0.1) is 6.61 Å². The molecule has 0 spiro atoms. The van der Waals surface area contributed by atoms with E-state index in [1.165, 1.54) is 5.57 Å². The van der Waals surface area contributed by atoms with Crippen molar-refractivity contribution in [3.63, 3.8) is 0 Å². The van der Waals surface area contributed by atoms with Crippen molar-refractivity contribution < 1.29 is 44.5 Å². The zero-order valence-corrected chi connectivity index (χ0v) is 24.2. The lowest BCUT2D eigenvalue weighted by molar-refractivity contribution is -0.277. The Morgan fingerprint density at radius 3 is 2.24 bits per heavy atom. The number of carboxylic acids is 1. The molecule has 1 unspecified atom stereocenters. The highest BCUT2D eigenvalue weighted by molar-refractivity contribution is 5.81. The zero-order chi connectivity index (χ0) is 30.3. The van der Waals surface area contributed by atoms with Crippen molar-refractivity contribution in [2.24, 2.45) is 5.41 Å². The van der Waals surface area contributed by atoms with Gasteiger partial charge in [-0.1, -0.05) is 49.8 Å². The molecule has 1 aliphatic carbocycles. The minimum Gasteiger partial charge on any atom is -0.486 e. The molecule has 1 fully saturated rings. The van der Waals surface area contributed by atoms with E-state index < -0.39 is 43.3 Å². The van der Waals surface area contributed by atoms with Gasteiger partial charge in [-0.3, -0.25) is 0 Å². The molecule has 6 atom stereocenters. The van der Waals surface area contributed by atoms with Gasteiger partial charge in [-0.15, -0.1) is 0 Å². The Kier molecular flexibility index (Phi) is 11.1. The molecule has 1 aromatic rings. The first-order valence-electron chi connectivity index (χ1n) is 13.7. The van der Waals surface area contributed by atoms with Gasteiger partial charge in [-0.2, -0.15) is 0 Å². The fraction of sp³-hybridized carbons (Fsp3) is 0.469. The Morgan fingerprint density at radius 1 is 1.00 bits per heavy atom. The van der Waals surface area contributed by atoms with E-state index in [0.29, 0.717) is 17.1 Å². The van der Waals surface area contributed by atoms with Crippen LogP contribution in [0.2, 0.25) is 0 Å². The maximum atomic E-state index is 10.8. The van der Waals surface area contributed by atoms with E-state index in [2.05, 4.69) is 32.9 Å². The number of benzene rings is 1. The second-order valence-corrected chi connectivity index (χ2v) is 11.2. The minimum absolute atomic E-state index is 0.0273. The van der Waals surface area contributed by atoms with Crippen LogP contribution >= 0.6 is 0 Å². The molecule has 3 rings (SSSR count). The van der Waals surface area contributed by atoms with Gasteiger partial charge in [0.25, 0.3) is 0 Å². The van der Waals surface area contributed by atoms with Crippen LogP contribution in [0.3, 0.4) is 0 Å². The van der Waals surface area contributed by atoms with Crippen molar-refractivity contribution in [2.75, 3.05) is 6.61 Å². The number of carboxylic acid groups (broad SMARTS) is 1. The highest BCUT2D eigenvalue weighted by atomic mass is 16.7.